The monoisotopic (exact) mass is 775 g/mol. The van der Waals surface area contributed by atoms with Crippen molar-refractivity contribution in [3.63, 3.8) is 0 Å². The van der Waals surface area contributed by atoms with E-state index in [1.807, 2.05) is 13.0 Å². The Morgan fingerprint density at radius 2 is 1.87 bits per heavy atom. The highest BCUT2D eigenvalue weighted by Gasteiger charge is 2.31. The van der Waals surface area contributed by atoms with Gasteiger partial charge in [0.2, 0.25) is 0 Å². The number of piperazine rings is 1. The Hall–Kier alpha value is -5.06. The minimum atomic E-state index is -4.34. The van der Waals surface area contributed by atoms with Gasteiger partial charge in [-0.3, -0.25) is 19.6 Å². The van der Waals surface area contributed by atoms with Crippen LogP contribution in [0.5, 0.6) is 0 Å². The van der Waals surface area contributed by atoms with Crippen molar-refractivity contribution in [1.29, 1.82) is 0 Å². The average Bonchev–Trinajstić information content (AvgIpc) is 3.67. The van der Waals surface area contributed by atoms with Crippen LogP contribution in [0.4, 0.5) is 18.9 Å². The standard InChI is InChI=1S/C14H25N5O2.C8H7ClF3N.C8H6N2O.C7H11NO/c1-5-12(15-2)13(14(21)19(16-3)10-11-20)18-8-6-17(4)7-9-18;1-13-7-3-2-5(4-6(7)9)8(10,11)12;11-5-6-1-3-9-7-2-4-10-8(6)7;1-8-6-7-2-4-9-5-3-7/h11,15H,3,5-10H2,1-2,4H3;2-4,13H,1H3;1-5,10H;2H,1,3-6H2/b13-12+;;;. The predicted molar refractivity (Wildman–Crippen MR) is 208 cm³/mol. The molecule has 3 aromatic rings. The number of anilines is 1. The number of hydrogen-bond donors (Lipinski definition) is 3. The summed E-state index contributed by atoms with van der Waals surface area (Å²) in [6.45, 7) is 14.4. The SMILES string of the molecule is C=NCC1=CCOCC1.C=NN(CC=O)C(=O)/C(=C(/CC)NC)N1CCN(C)CC1.CNc1ccc(C(F)(F)F)cc1Cl.O=Cc1ccnc2cc[nH]c12. The maximum absolute atomic E-state index is 12.7. The normalized spacial score (nSPS) is 14.6. The lowest BCUT2D eigenvalue weighted by atomic mass is 10.1. The van der Waals surface area contributed by atoms with E-state index in [2.05, 4.69) is 67.1 Å². The summed E-state index contributed by atoms with van der Waals surface area (Å²) in [6.07, 6.45) is 4.34. The molecular weight excluding hydrogens is 727 g/mol. The highest BCUT2D eigenvalue weighted by atomic mass is 35.5. The van der Waals surface area contributed by atoms with Crippen LogP contribution < -0.4 is 10.6 Å². The fraction of sp³-hybridized carbons (Fsp3) is 0.405. The summed E-state index contributed by atoms with van der Waals surface area (Å²) in [5, 5.41) is 10.6. The largest absolute Gasteiger partial charge is 0.416 e. The molecule has 1 saturated heterocycles. The summed E-state index contributed by atoms with van der Waals surface area (Å²) in [4.78, 5) is 48.9. The molecule has 54 heavy (non-hydrogen) atoms. The topological polar surface area (TPSA) is 148 Å². The van der Waals surface area contributed by atoms with Crippen LogP contribution in [0.2, 0.25) is 5.02 Å². The summed E-state index contributed by atoms with van der Waals surface area (Å²) in [6, 6.07) is 6.70. The van der Waals surface area contributed by atoms with Gasteiger partial charge in [0.15, 0.2) is 6.29 Å². The third-order valence-corrected chi connectivity index (χ3v) is 8.47. The van der Waals surface area contributed by atoms with Gasteiger partial charge in [-0.25, -0.2) is 5.01 Å². The number of aromatic amines is 1. The number of nitrogens with one attached hydrogen (secondary N) is 3. The van der Waals surface area contributed by atoms with E-state index in [1.165, 1.54) is 11.6 Å². The second-order valence-electron chi connectivity index (χ2n) is 11.7. The number of H-pyrrole nitrogens is 1. The number of allylic oxidation sites excluding steroid dienone is 1. The van der Waals surface area contributed by atoms with E-state index in [0.717, 1.165) is 92.5 Å². The van der Waals surface area contributed by atoms with Gasteiger partial charge in [-0.15, -0.1) is 0 Å². The van der Waals surface area contributed by atoms with E-state index in [0.29, 0.717) is 29.7 Å². The number of likely N-dealkylation sites (N-methyl/N-ethyl adjacent to an activating group) is 1. The van der Waals surface area contributed by atoms with Crippen LogP contribution >= 0.6 is 11.6 Å². The molecule has 0 saturated carbocycles. The van der Waals surface area contributed by atoms with Crippen LogP contribution in [0.15, 0.2) is 75.9 Å². The summed E-state index contributed by atoms with van der Waals surface area (Å²) in [7, 11) is 5.45. The van der Waals surface area contributed by atoms with E-state index >= 15 is 0 Å². The zero-order chi connectivity index (χ0) is 40.1. The van der Waals surface area contributed by atoms with Gasteiger partial charge >= 0.3 is 6.18 Å². The highest BCUT2D eigenvalue weighted by molar-refractivity contribution is 6.33. The maximum Gasteiger partial charge on any atom is 0.416 e. The summed E-state index contributed by atoms with van der Waals surface area (Å²) in [5.41, 5.74) is 4.82. The third kappa shape index (κ3) is 14.1. The lowest BCUT2D eigenvalue weighted by Gasteiger charge is -2.36. The van der Waals surface area contributed by atoms with Crippen molar-refractivity contribution in [2.45, 2.75) is 25.9 Å². The molecule has 1 aromatic carbocycles. The smallest absolute Gasteiger partial charge is 0.390 e. The number of halogens is 4. The van der Waals surface area contributed by atoms with Gasteiger partial charge in [0.05, 0.1) is 47.1 Å². The zero-order valence-electron chi connectivity index (χ0n) is 31.1. The van der Waals surface area contributed by atoms with Gasteiger partial charge in [-0.1, -0.05) is 24.6 Å². The molecule has 1 fully saturated rings. The average molecular weight is 776 g/mol. The van der Waals surface area contributed by atoms with Crippen molar-refractivity contribution >= 4 is 60.2 Å². The third-order valence-electron chi connectivity index (χ3n) is 8.16. The highest BCUT2D eigenvalue weighted by Crippen LogP contribution is 2.33. The van der Waals surface area contributed by atoms with E-state index in [9.17, 15) is 27.6 Å². The lowest BCUT2D eigenvalue weighted by molar-refractivity contribution is -0.137. The molecule has 0 bridgehead atoms. The molecular formula is C37H49ClF3N9O4. The summed E-state index contributed by atoms with van der Waals surface area (Å²) >= 11 is 5.57. The Balaban J connectivity index is 0.000000263. The number of amides is 1. The molecule has 5 rings (SSSR count). The van der Waals surface area contributed by atoms with E-state index in [1.54, 1.807) is 32.6 Å². The van der Waals surface area contributed by atoms with Gasteiger partial charge < -0.3 is 34.9 Å². The maximum atomic E-state index is 12.7. The number of aldehydes is 2. The summed E-state index contributed by atoms with van der Waals surface area (Å²) in [5.74, 6) is -0.284. The molecule has 2 aliphatic heterocycles. The molecule has 1 amide bonds. The first-order chi connectivity index (χ1) is 25.9. The Kier molecular flexibility index (Phi) is 19.7. The molecule has 294 valence electrons. The number of fused-ring (bicyclic) bond motifs is 1. The Morgan fingerprint density at radius 1 is 1.15 bits per heavy atom. The molecule has 2 aliphatic rings. The van der Waals surface area contributed by atoms with Crippen LogP contribution in [-0.2, 0) is 20.5 Å². The van der Waals surface area contributed by atoms with Crippen molar-refractivity contribution in [3.05, 3.63) is 81.9 Å². The van der Waals surface area contributed by atoms with Crippen LogP contribution in [-0.4, -0.2) is 130 Å². The molecule has 4 heterocycles. The van der Waals surface area contributed by atoms with Crippen LogP contribution in [0.3, 0.4) is 0 Å². The van der Waals surface area contributed by atoms with Gasteiger partial charge in [0.25, 0.3) is 5.91 Å². The first-order valence-corrected chi connectivity index (χ1v) is 17.4. The number of nitrogens with zero attached hydrogens (tertiary/aromatic N) is 6. The number of alkyl halides is 3. The Labute approximate surface area is 319 Å². The zero-order valence-corrected chi connectivity index (χ0v) is 31.8. The van der Waals surface area contributed by atoms with Gasteiger partial charge in [0, 0.05) is 70.6 Å². The molecule has 0 unspecified atom stereocenters. The number of rotatable bonds is 11. The van der Waals surface area contributed by atoms with Gasteiger partial charge in [0.1, 0.15) is 18.5 Å². The molecule has 0 radical (unpaired) electrons. The number of ether oxygens (including phenoxy) is 1. The predicted octanol–water partition coefficient (Wildman–Crippen LogP) is 5.53. The van der Waals surface area contributed by atoms with Crippen LogP contribution in [0.25, 0.3) is 11.0 Å². The first kappa shape index (κ1) is 45.1. The van der Waals surface area contributed by atoms with Crippen LogP contribution in [0.1, 0.15) is 35.7 Å². The van der Waals surface area contributed by atoms with E-state index < -0.39 is 11.7 Å². The fourth-order valence-electron chi connectivity index (χ4n) is 5.17. The number of carbonyl (C=O) groups excluding carboxylic acids is 3. The molecule has 3 N–H and O–H groups in total. The number of aromatic nitrogens is 2. The Bertz CT molecular complexity index is 1730. The molecule has 2 aromatic heterocycles. The van der Waals surface area contributed by atoms with Crippen molar-refractivity contribution in [2.75, 3.05) is 78.9 Å². The van der Waals surface area contributed by atoms with Crippen molar-refractivity contribution in [1.82, 2.24) is 30.1 Å². The van der Waals surface area contributed by atoms with E-state index in [4.69, 9.17) is 16.3 Å². The number of pyridine rings is 1. The Morgan fingerprint density at radius 3 is 2.39 bits per heavy atom. The molecule has 0 spiro atoms. The number of aliphatic imine (C=N–C) groups is 1. The molecule has 13 nitrogen and oxygen atoms in total. The van der Waals surface area contributed by atoms with E-state index in [-0.39, 0.29) is 17.5 Å². The molecule has 0 aliphatic carbocycles. The lowest BCUT2D eigenvalue weighted by Crippen LogP contribution is -2.48. The number of benzene rings is 1. The minimum Gasteiger partial charge on any atom is -0.390 e. The minimum absolute atomic E-state index is 0.0670. The quantitative estimate of drug-likeness (QED) is 0.0753. The number of hydrazone groups is 1. The molecule has 0 atom stereocenters. The van der Waals surface area contributed by atoms with Crippen molar-refractivity contribution in [2.24, 2.45) is 10.1 Å². The van der Waals surface area contributed by atoms with Gasteiger partial charge in [-0.05, 0) is 62.5 Å². The van der Waals surface area contributed by atoms with Gasteiger partial charge in [-0.2, -0.15) is 18.3 Å². The van der Waals surface area contributed by atoms with Crippen molar-refractivity contribution < 1.29 is 32.3 Å². The first-order valence-electron chi connectivity index (χ1n) is 17.0. The second-order valence-corrected chi connectivity index (χ2v) is 12.1. The number of hydrogen-bond acceptors (Lipinski definition) is 11. The van der Waals surface area contributed by atoms with Crippen LogP contribution in [0, 0.1) is 0 Å². The fourth-order valence-corrected chi connectivity index (χ4v) is 5.45. The van der Waals surface area contributed by atoms with Crippen molar-refractivity contribution in [3.8, 4) is 0 Å². The number of carbonyl (C=O) groups is 3. The summed E-state index contributed by atoms with van der Waals surface area (Å²) < 4.78 is 41.5. The molecule has 17 heteroatoms. The second kappa shape index (κ2) is 23.6.